The Morgan fingerprint density at radius 2 is 1.80 bits per heavy atom. The molecule has 104 valence electrons. The summed E-state index contributed by atoms with van der Waals surface area (Å²) in [5.41, 5.74) is 0.643. The molecule has 1 saturated heterocycles. The monoisotopic (exact) mass is 269 g/mol. The van der Waals surface area contributed by atoms with Crippen LogP contribution in [-0.4, -0.2) is 41.9 Å². The van der Waals surface area contributed by atoms with Crippen LogP contribution in [0.5, 0.6) is 0 Å². The van der Waals surface area contributed by atoms with Gasteiger partial charge in [-0.05, 0) is 18.4 Å². The van der Waals surface area contributed by atoms with Crippen molar-refractivity contribution in [1.82, 2.24) is 9.80 Å². The molecule has 0 spiro atoms. The zero-order valence-electron chi connectivity index (χ0n) is 11.6. The minimum Gasteiger partial charge on any atom is -0.339 e. The van der Waals surface area contributed by atoms with Crippen LogP contribution in [0.1, 0.15) is 18.4 Å². The van der Waals surface area contributed by atoms with Crippen molar-refractivity contribution in [3.05, 3.63) is 35.9 Å². The van der Waals surface area contributed by atoms with Gasteiger partial charge in [0.1, 0.15) is 5.41 Å². The maximum Gasteiger partial charge on any atom is 0.243 e. The quantitative estimate of drug-likeness (QED) is 0.838. The molecule has 1 saturated carbocycles. The van der Waals surface area contributed by atoms with Crippen LogP contribution in [0.3, 0.4) is 0 Å². The van der Waals surface area contributed by atoms with Crippen molar-refractivity contribution >= 4 is 5.91 Å². The van der Waals surface area contributed by atoms with E-state index < -0.39 is 5.41 Å². The first kappa shape index (κ1) is 13.1. The topological polar surface area (TPSA) is 47.3 Å². The molecule has 20 heavy (non-hydrogen) atoms. The number of nitrogens with zero attached hydrogens (tertiary/aromatic N) is 3. The first-order chi connectivity index (χ1) is 9.73. The van der Waals surface area contributed by atoms with Gasteiger partial charge in [-0.25, -0.2) is 0 Å². The molecule has 1 amide bonds. The van der Waals surface area contributed by atoms with E-state index in [1.165, 1.54) is 5.56 Å². The fraction of sp³-hybridized carbons (Fsp3) is 0.500. The van der Waals surface area contributed by atoms with E-state index in [0.717, 1.165) is 45.6 Å². The van der Waals surface area contributed by atoms with Gasteiger partial charge in [0.05, 0.1) is 6.07 Å². The third kappa shape index (κ3) is 2.54. The molecule has 1 heterocycles. The molecule has 0 radical (unpaired) electrons. The van der Waals surface area contributed by atoms with E-state index in [0.29, 0.717) is 0 Å². The van der Waals surface area contributed by atoms with Crippen LogP contribution in [0.25, 0.3) is 0 Å². The van der Waals surface area contributed by atoms with Gasteiger partial charge in [-0.1, -0.05) is 30.3 Å². The summed E-state index contributed by atoms with van der Waals surface area (Å²) in [6.07, 6.45) is 1.49. The van der Waals surface area contributed by atoms with E-state index >= 15 is 0 Å². The predicted octanol–water partition coefficient (Wildman–Crippen LogP) is 1.63. The molecule has 4 nitrogen and oxygen atoms in total. The largest absolute Gasteiger partial charge is 0.339 e. The lowest BCUT2D eigenvalue weighted by Gasteiger charge is -2.35. The maximum absolute atomic E-state index is 12.3. The number of hydrogen-bond donors (Lipinski definition) is 0. The number of carbonyl (C=O) groups excluding carboxylic acids is 1. The number of nitriles is 1. The molecule has 4 heteroatoms. The third-order valence-corrected chi connectivity index (χ3v) is 4.28. The minimum atomic E-state index is -0.665. The van der Waals surface area contributed by atoms with E-state index in [-0.39, 0.29) is 5.91 Å². The summed E-state index contributed by atoms with van der Waals surface area (Å²) in [4.78, 5) is 16.5. The highest BCUT2D eigenvalue weighted by molar-refractivity contribution is 5.88. The summed E-state index contributed by atoms with van der Waals surface area (Å²) in [5.74, 6) is 0.0550. The molecule has 1 aliphatic heterocycles. The zero-order valence-corrected chi connectivity index (χ0v) is 11.6. The normalized spacial score (nSPS) is 21.2. The highest BCUT2D eigenvalue weighted by atomic mass is 16.2. The Bertz CT molecular complexity index is 522. The van der Waals surface area contributed by atoms with Gasteiger partial charge in [-0.2, -0.15) is 5.26 Å². The summed E-state index contributed by atoms with van der Waals surface area (Å²) in [6, 6.07) is 12.6. The molecular weight excluding hydrogens is 250 g/mol. The second-order valence-corrected chi connectivity index (χ2v) is 5.75. The smallest absolute Gasteiger partial charge is 0.243 e. The Balaban J connectivity index is 1.53. The Kier molecular flexibility index (Phi) is 3.45. The molecule has 0 unspecified atom stereocenters. The summed E-state index contributed by atoms with van der Waals surface area (Å²) in [7, 11) is 0. The molecule has 2 fully saturated rings. The SMILES string of the molecule is N#CC1(C(=O)N2CCN(Cc3ccccc3)CC2)CC1. The van der Waals surface area contributed by atoms with Crippen LogP contribution in [0, 0.1) is 16.7 Å². The van der Waals surface area contributed by atoms with E-state index in [9.17, 15) is 4.79 Å². The van der Waals surface area contributed by atoms with Crippen molar-refractivity contribution in [1.29, 1.82) is 5.26 Å². The first-order valence-corrected chi connectivity index (χ1v) is 7.20. The third-order valence-electron chi connectivity index (χ3n) is 4.28. The fourth-order valence-corrected chi connectivity index (χ4v) is 2.75. The van der Waals surface area contributed by atoms with Crippen molar-refractivity contribution in [3.8, 4) is 6.07 Å². The van der Waals surface area contributed by atoms with Crippen LogP contribution in [0.4, 0.5) is 0 Å². The fourth-order valence-electron chi connectivity index (χ4n) is 2.75. The molecule has 0 bridgehead atoms. The second-order valence-electron chi connectivity index (χ2n) is 5.75. The van der Waals surface area contributed by atoms with Crippen molar-refractivity contribution in [2.45, 2.75) is 19.4 Å². The van der Waals surface area contributed by atoms with Crippen LogP contribution in [0.2, 0.25) is 0 Å². The number of benzene rings is 1. The standard InChI is InChI=1S/C16H19N3O/c17-13-16(6-7-16)15(20)19-10-8-18(9-11-19)12-14-4-2-1-3-5-14/h1-5H,6-12H2. The van der Waals surface area contributed by atoms with E-state index in [1.54, 1.807) is 0 Å². The van der Waals surface area contributed by atoms with Crippen LogP contribution < -0.4 is 0 Å². The van der Waals surface area contributed by atoms with Gasteiger partial charge in [-0.3, -0.25) is 9.69 Å². The molecular formula is C16H19N3O. The lowest BCUT2D eigenvalue weighted by atomic mass is 10.1. The van der Waals surface area contributed by atoms with Gasteiger partial charge in [0.2, 0.25) is 5.91 Å². The first-order valence-electron chi connectivity index (χ1n) is 7.20. The van der Waals surface area contributed by atoms with Crippen molar-refractivity contribution in [3.63, 3.8) is 0 Å². The Morgan fingerprint density at radius 3 is 2.35 bits per heavy atom. The van der Waals surface area contributed by atoms with E-state index in [2.05, 4.69) is 35.2 Å². The van der Waals surface area contributed by atoms with E-state index in [4.69, 9.17) is 5.26 Å². The summed E-state index contributed by atoms with van der Waals surface area (Å²) >= 11 is 0. The summed E-state index contributed by atoms with van der Waals surface area (Å²) < 4.78 is 0. The highest BCUT2D eigenvalue weighted by Gasteiger charge is 2.52. The molecule has 1 aromatic rings. The Morgan fingerprint density at radius 1 is 1.15 bits per heavy atom. The summed E-state index contributed by atoms with van der Waals surface area (Å²) in [5, 5.41) is 9.10. The molecule has 0 N–H and O–H groups in total. The molecule has 0 atom stereocenters. The molecule has 1 aliphatic carbocycles. The molecule has 3 rings (SSSR count). The zero-order chi connectivity index (χ0) is 14.0. The lowest BCUT2D eigenvalue weighted by molar-refractivity contribution is -0.136. The van der Waals surface area contributed by atoms with E-state index in [1.807, 2.05) is 11.0 Å². The molecule has 0 aromatic heterocycles. The highest BCUT2D eigenvalue weighted by Crippen LogP contribution is 2.46. The number of hydrogen-bond acceptors (Lipinski definition) is 3. The average molecular weight is 269 g/mol. The lowest BCUT2D eigenvalue weighted by Crippen LogP contribution is -2.50. The Labute approximate surface area is 119 Å². The van der Waals surface area contributed by atoms with Gasteiger partial charge in [-0.15, -0.1) is 0 Å². The van der Waals surface area contributed by atoms with Crippen LogP contribution in [-0.2, 0) is 11.3 Å². The van der Waals surface area contributed by atoms with Gasteiger partial charge in [0.15, 0.2) is 0 Å². The van der Waals surface area contributed by atoms with Crippen molar-refractivity contribution < 1.29 is 4.79 Å². The second kappa shape index (κ2) is 5.26. The molecule has 1 aromatic carbocycles. The van der Waals surface area contributed by atoms with Gasteiger partial charge in [0, 0.05) is 32.7 Å². The number of carbonyl (C=O) groups is 1. The number of piperazine rings is 1. The van der Waals surface area contributed by atoms with Crippen LogP contribution in [0.15, 0.2) is 30.3 Å². The van der Waals surface area contributed by atoms with Gasteiger partial charge >= 0.3 is 0 Å². The summed E-state index contributed by atoms with van der Waals surface area (Å²) in [6.45, 7) is 4.21. The maximum atomic E-state index is 12.3. The van der Waals surface area contributed by atoms with Crippen molar-refractivity contribution in [2.75, 3.05) is 26.2 Å². The number of rotatable bonds is 3. The van der Waals surface area contributed by atoms with Gasteiger partial charge < -0.3 is 4.90 Å². The van der Waals surface area contributed by atoms with Gasteiger partial charge in [0.25, 0.3) is 0 Å². The predicted molar refractivity (Wildman–Crippen MR) is 75.6 cm³/mol. The minimum absolute atomic E-state index is 0.0550. The molecule has 2 aliphatic rings. The number of amides is 1. The van der Waals surface area contributed by atoms with Crippen molar-refractivity contribution in [2.24, 2.45) is 5.41 Å². The average Bonchev–Trinajstić information content (AvgIpc) is 3.30. The van der Waals surface area contributed by atoms with Crippen LogP contribution >= 0.6 is 0 Å². The Hall–Kier alpha value is -1.86.